The predicted molar refractivity (Wildman–Crippen MR) is 69.4 cm³/mol. The number of rotatable bonds is 4. The Morgan fingerprint density at radius 3 is 2.47 bits per heavy atom. The molecule has 0 saturated carbocycles. The van der Waals surface area contributed by atoms with E-state index >= 15 is 0 Å². The van der Waals surface area contributed by atoms with Gasteiger partial charge in [0.2, 0.25) is 9.84 Å². The van der Waals surface area contributed by atoms with Gasteiger partial charge in [0.05, 0.1) is 0 Å². The number of hydrogen-bond donors (Lipinski definition) is 1. The molecule has 1 aromatic rings. The number of sulfone groups is 1. The van der Waals surface area contributed by atoms with Crippen LogP contribution in [0.3, 0.4) is 0 Å². The number of hydroxylamine groups is 1. The average Bonchev–Trinajstić information content (AvgIpc) is 2.83. The van der Waals surface area contributed by atoms with Crippen LogP contribution in [0.2, 0.25) is 0 Å². The first-order chi connectivity index (χ1) is 8.75. The van der Waals surface area contributed by atoms with Gasteiger partial charge in [-0.2, -0.15) is 0 Å². The van der Waals surface area contributed by atoms with Crippen LogP contribution in [0.5, 0.6) is 0 Å². The second-order valence-electron chi connectivity index (χ2n) is 5.02. The fraction of sp³-hybridized carbons (Fsp3) is 0.636. The highest BCUT2D eigenvalue weighted by atomic mass is 32.2. The summed E-state index contributed by atoms with van der Waals surface area (Å²) in [5.41, 5.74) is 1.84. The Labute approximate surface area is 112 Å². The number of nitrogens with zero attached hydrogens (tertiary/aromatic N) is 3. The zero-order valence-electron chi connectivity index (χ0n) is 11.5. The van der Waals surface area contributed by atoms with E-state index in [1.165, 1.54) is 0 Å². The van der Waals surface area contributed by atoms with Crippen LogP contribution in [0, 0.1) is 0 Å². The second-order valence-corrected chi connectivity index (χ2v) is 6.98. The van der Waals surface area contributed by atoms with Gasteiger partial charge in [0.15, 0.2) is 5.03 Å². The first-order valence-electron chi connectivity index (χ1n) is 6.02. The number of aromatic nitrogens is 3. The van der Waals surface area contributed by atoms with Gasteiger partial charge in [0.1, 0.15) is 23.0 Å². The fourth-order valence-electron chi connectivity index (χ4n) is 1.79. The van der Waals surface area contributed by atoms with Crippen molar-refractivity contribution in [1.82, 2.24) is 20.2 Å². The SMILES string of the molecule is CCc1nnc(CS(=O)(=O)C2=CC(C)(C)ON2)n1C. The van der Waals surface area contributed by atoms with Crippen LogP contribution in [0.1, 0.15) is 32.4 Å². The first kappa shape index (κ1) is 14.0. The van der Waals surface area contributed by atoms with E-state index in [0.717, 1.165) is 5.82 Å². The standard InChI is InChI=1S/C11H18N4O3S/c1-5-8-12-13-9(15(8)4)7-19(16,17)10-6-11(2,3)18-14-10/h6,14H,5,7H2,1-4H3. The summed E-state index contributed by atoms with van der Waals surface area (Å²) in [4.78, 5) is 5.17. The monoisotopic (exact) mass is 286 g/mol. The van der Waals surface area contributed by atoms with Crippen LogP contribution in [0.15, 0.2) is 11.1 Å². The lowest BCUT2D eigenvalue weighted by atomic mass is 10.1. The molecule has 1 aliphatic heterocycles. The van der Waals surface area contributed by atoms with Gasteiger partial charge in [-0.05, 0) is 19.9 Å². The predicted octanol–water partition coefficient (Wildman–Crippen LogP) is 0.447. The van der Waals surface area contributed by atoms with Gasteiger partial charge in [-0.25, -0.2) is 8.42 Å². The van der Waals surface area contributed by atoms with Gasteiger partial charge in [0.25, 0.3) is 0 Å². The molecule has 0 unspecified atom stereocenters. The molecule has 2 heterocycles. The minimum atomic E-state index is -3.50. The molecule has 1 aliphatic rings. The molecule has 0 fully saturated rings. The molecular weight excluding hydrogens is 268 g/mol. The highest BCUT2D eigenvalue weighted by molar-refractivity contribution is 7.94. The Morgan fingerprint density at radius 2 is 2.00 bits per heavy atom. The quantitative estimate of drug-likeness (QED) is 0.864. The van der Waals surface area contributed by atoms with E-state index in [-0.39, 0.29) is 10.8 Å². The molecule has 0 spiro atoms. The van der Waals surface area contributed by atoms with E-state index in [1.54, 1.807) is 31.5 Å². The molecule has 0 amide bonds. The van der Waals surface area contributed by atoms with Crippen LogP contribution in [0.25, 0.3) is 0 Å². The molecule has 0 aliphatic carbocycles. The maximum Gasteiger partial charge on any atom is 0.202 e. The van der Waals surface area contributed by atoms with Crippen molar-refractivity contribution in [1.29, 1.82) is 0 Å². The van der Waals surface area contributed by atoms with E-state index in [9.17, 15) is 8.42 Å². The van der Waals surface area contributed by atoms with Crippen LogP contribution in [-0.4, -0.2) is 28.8 Å². The summed E-state index contributed by atoms with van der Waals surface area (Å²) in [6.45, 7) is 5.50. The van der Waals surface area contributed by atoms with Crippen molar-refractivity contribution in [2.45, 2.75) is 38.5 Å². The molecule has 106 valence electrons. The van der Waals surface area contributed by atoms with E-state index < -0.39 is 15.4 Å². The summed E-state index contributed by atoms with van der Waals surface area (Å²) in [7, 11) is -1.74. The van der Waals surface area contributed by atoms with Gasteiger partial charge in [-0.3, -0.25) is 10.3 Å². The van der Waals surface area contributed by atoms with Crippen LogP contribution in [-0.2, 0) is 33.9 Å². The molecule has 2 rings (SSSR count). The summed E-state index contributed by atoms with van der Waals surface area (Å²) in [6.07, 6.45) is 2.26. The molecule has 0 aromatic carbocycles. The van der Waals surface area contributed by atoms with Crippen molar-refractivity contribution in [3.05, 3.63) is 22.8 Å². The smallest absolute Gasteiger partial charge is 0.202 e. The van der Waals surface area contributed by atoms with Crippen molar-refractivity contribution in [2.75, 3.05) is 0 Å². The number of aryl methyl sites for hydroxylation is 1. The average molecular weight is 286 g/mol. The topological polar surface area (TPSA) is 86.1 Å². The first-order valence-corrected chi connectivity index (χ1v) is 7.67. The maximum absolute atomic E-state index is 12.2. The van der Waals surface area contributed by atoms with Crippen LogP contribution < -0.4 is 5.48 Å². The maximum atomic E-state index is 12.2. The lowest BCUT2D eigenvalue weighted by Gasteiger charge is -2.11. The number of hydrogen-bond acceptors (Lipinski definition) is 6. The molecule has 7 nitrogen and oxygen atoms in total. The summed E-state index contributed by atoms with van der Waals surface area (Å²) in [5.74, 6) is 0.980. The summed E-state index contributed by atoms with van der Waals surface area (Å²) >= 11 is 0. The van der Waals surface area contributed by atoms with E-state index in [0.29, 0.717) is 12.2 Å². The summed E-state index contributed by atoms with van der Waals surface area (Å²) < 4.78 is 26.2. The third-order valence-electron chi connectivity index (χ3n) is 2.92. The third-order valence-corrected chi connectivity index (χ3v) is 4.43. The Bertz CT molecular complexity index is 616. The van der Waals surface area contributed by atoms with Crippen molar-refractivity contribution in [3.8, 4) is 0 Å². The van der Waals surface area contributed by atoms with Gasteiger partial charge in [0, 0.05) is 13.5 Å². The van der Waals surface area contributed by atoms with E-state index in [1.807, 2.05) is 6.92 Å². The molecular formula is C11H18N4O3S. The molecule has 8 heteroatoms. The lowest BCUT2D eigenvalue weighted by molar-refractivity contribution is -0.0129. The van der Waals surface area contributed by atoms with Crippen molar-refractivity contribution < 1.29 is 13.3 Å². The molecule has 0 bridgehead atoms. The Balaban J connectivity index is 2.25. The zero-order valence-corrected chi connectivity index (χ0v) is 12.3. The van der Waals surface area contributed by atoms with Gasteiger partial charge in [-0.15, -0.1) is 10.2 Å². The lowest BCUT2D eigenvalue weighted by Crippen LogP contribution is -2.23. The largest absolute Gasteiger partial charge is 0.317 e. The highest BCUT2D eigenvalue weighted by Crippen LogP contribution is 2.23. The zero-order chi connectivity index (χ0) is 14.3. The van der Waals surface area contributed by atoms with E-state index in [2.05, 4.69) is 15.7 Å². The normalized spacial score (nSPS) is 18.2. The highest BCUT2D eigenvalue weighted by Gasteiger charge is 2.32. The van der Waals surface area contributed by atoms with Crippen molar-refractivity contribution in [3.63, 3.8) is 0 Å². The molecule has 1 N–H and O–H groups in total. The van der Waals surface area contributed by atoms with Gasteiger partial charge in [-0.1, -0.05) is 6.92 Å². The van der Waals surface area contributed by atoms with Crippen molar-refractivity contribution in [2.24, 2.45) is 7.05 Å². The van der Waals surface area contributed by atoms with E-state index in [4.69, 9.17) is 4.84 Å². The molecule has 0 radical (unpaired) electrons. The molecule has 0 saturated heterocycles. The summed E-state index contributed by atoms with van der Waals surface area (Å²) in [6, 6.07) is 0. The Kier molecular flexibility index (Phi) is 3.40. The second kappa shape index (κ2) is 4.61. The molecule has 1 aromatic heterocycles. The van der Waals surface area contributed by atoms with Crippen LogP contribution in [0.4, 0.5) is 0 Å². The minimum Gasteiger partial charge on any atom is -0.317 e. The van der Waals surface area contributed by atoms with Gasteiger partial charge < -0.3 is 4.57 Å². The Hall–Kier alpha value is -1.41. The molecule has 0 atom stereocenters. The Morgan fingerprint density at radius 1 is 1.37 bits per heavy atom. The molecule has 19 heavy (non-hydrogen) atoms. The number of nitrogens with one attached hydrogen (secondary N) is 1. The fourth-order valence-corrected chi connectivity index (χ4v) is 3.17. The minimum absolute atomic E-state index is 0.0820. The van der Waals surface area contributed by atoms with Gasteiger partial charge >= 0.3 is 0 Å². The van der Waals surface area contributed by atoms with Crippen LogP contribution >= 0.6 is 0 Å². The third kappa shape index (κ3) is 2.79. The van der Waals surface area contributed by atoms with Crippen molar-refractivity contribution >= 4 is 9.84 Å². The summed E-state index contributed by atoms with van der Waals surface area (Å²) in [5, 5.41) is 7.95.